The SMILES string of the molecule is COC(=O)C[C@@H]1CN2CCN3CCCN4CCN(C1=O)[C@@H]2[C@@H]34. The summed E-state index contributed by atoms with van der Waals surface area (Å²) in [5, 5.41) is 0. The summed E-state index contributed by atoms with van der Waals surface area (Å²) >= 11 is 0. The molecule has 4 rings (SSSR count). The molecule has 7 heteroatoms. The molecule has 4 saturated heterocycles. The van der Waals surface area contributed by atoms with Gasteiger partial charge < -0.3 is 9.64 Å². The number of carbonyl (C=O) groups is 2. The third kappa shape index (κ3) is 2.14. The Bertz CT molecular complexity index is 479. The number of ether oxygens (including phenoxy) is 1. The van der Waals surface area contributed by atoms with Crippen LogP contribution < -0.4 is 0 Å². The lowest BCUT2D eigenvalue weighted by molar-refractivity contribution is -0.199. The summed E-state index contributed by atoms with van der Waals surface area (Å²) < 4.78 is 4.76. The fourth-order valence-corrected chi connectivity index (χ4v) is 4.61. The van der Waals surface area contributed by atoms with Crippen LogP contribution in [0.2, 0.25) is 0 Å². The molecule has 0 aromatic heterocycles. The lowest BCUT2D eigenvalue weighted by Gasteiger charge is -2.62. The summed E-state index contributed by atoms with van der Waals surface area (Å²) in [5.74, 6) is -0.393. The molecule has 7 nitrogen and oxygen atoms in total. The first kappa shape index (κ1) is 14.4. The molecule has 3 atom stereocenters. The Morgan fingerprint density at radius 2 is 1.73 bits per heavy atom. The van der Waals surface area contributed by atoms with Gasteiger partial charge in [-0.25, -0.2) is 0 Å². The highest BCUT2D eigenvalue weighted by Gasteiger charge is 2.52. The van der Waals surface area contributed by atoms with Crippen molar-refractivity contribution in [3.63, 3.8) is 0 Å². The van der Waals surface area contributed by atoms with E-state index in [1.165, 1.54) is 13.5 Å². The van der Waals surface area contributed by atoms with Crippen molar-refractivity contribution in [3.05, 3.63) is 0 Å². The smallest absolute Gasteiger partial charge is 0.306 e. The average Bonchev–Trinajstić information content (AvgIpc) is 2.55. The number of esters is 1. The van der Waals surface area contributed by atoms with Crippen LogP contribution in [0.3, 0.4) is 0 Å². The van der Waals surface area contributed by atoms with Gasteiger partial charge in [0.05, 0.1) is 25.6 Å². The van der Waals surface area contributed by atoms with Gasteiger partial charge in [-0.15, -0.1) is 0 Å². The summed E-state index contributed by atoms with van der Waals surface area (Å²) in [7, 11) is 1.39. The van der Waals surface area contributed by atoms with Crippen molar-refractivity contribution in [2.45, 2.75) is 25.2 Å². The molecule has 22 heavy (non-hydrogen) atoms. The molecule has 0 aromatic rings. The van der Waals surface area contributed by atoms with Crippen LogP contribution in [0, 0.1) is 5.92 Å². The minimum absolute atomic E-state index is 0.138. The van der Waals surface area contributed by atoms with E-state index in [4.69, 9.17) is 4.74 Å². The predicted molar refractivity (Wildman–Crippen MR) is 78.7 cm³/mol. The van der Waals surface area contributed by atoms with E-state index in [1.807, 2.05) is 4.90 Å². The summed E-state index contributed by atoms with van der Waals surface area (Å²) in [4.78, 5) is 33.9. The van der Waals surface area contributed by atoms with E-state index < -0.39 is 0 Å². The predicted octanol–water partition coefficient (Wildman–Crippen LogP) is -1.00. The van der Waals surface area contributed by atoms with Crippen LogP contribution in [-0.4, -0.2) is 96.7 Å². The van der Waals surface area contributed by atoms with Crippen LogP contribution in [0.4, 0.5) is 0 Å². The van der Waals surface area contributed by atoms with Gasteiger partial charge in [-0.3, -0.25) is 24.3 Å². The first-order valence-corrected chi connectivity index (χ1v) is 8.28. The summed E-state index contributed by atoms with van der Waals surface area (Å²) in [6.45, 7) is 6.73. The molecule has 122 valence electrons. The molecule has 1 amide bonds. The zero-order valence-corrected chi connectivity index (χ0v) is 13.1. The number of nitrogens with zero attached hydrogens (tertiary/aromatic N) is 4. The Morgan fingerprint density at radius 1 is 1.05 bits per heavy atom. The molecule has 0 bridgehead atoms. The van der Waals surface area contributed by atoms with Gasteiger partial charge in [-0.05, 0) is 6.42 Å². The van der Waals surface area contributed by atoms with Gasteiger partial charge in [-0.2, -0.15) is 0 Å². The molecule has 4 aliphatic rings. The minimum Gasteiger partial charge on any atom is -0.469 e. The fourth-order valence-electron chi connectivity index (χ4n) is 4.61. The van der Waals surface area contributed by atoms with Crippen molar-refractivity contribution in [2.24, 2.45) is 5.92 Å². The fraction of sp³-hybridized carbons (Fsp3) is 0.867. The van der Waals surface area contributed by atoms with E-state index >= 15 is 0 Å². The number of methoxy groups -OCH3 is 1. The molecule has 0 spiro atoms. The Morgan fingerprint density at radius 3 is 2.45 bits per heavy atom. The number of hydrogen-bond donors (Lipinski definition) is 0. The van der Waals surface area contributed by atoms with Gasteiger partial charge >= 0.3 is 5.97 Å². The van der Waals surface area contributed by atoms with E-state index in [1.54, 1.807) is 0 Å². The molecule has 0 unspecified atom stereocenters. The Kier molecular flexibility index (Phi) is 3.58. The van der Waals surface area contributed by atoms with Crippen LogP contribution in [0.5, 0.6) is 0 Å². The van der Waals surface area contributed by atoms with Crippen molar-refractivity contribution in [2.75, 3.05) is 52.9 Å². The van der Waals surface area contributed by atoms with Gasteiger partial charge in [0, 0.05) is 45.8 Å². The quantitative estimate of drug-likeness (QED) is 0.610. The second kappa shape index (κ2) is 5.47. The first-order valence-electron chi connectivity index (χ1n) is 8.28. The molecular formula is C15H24N4O3. The van der Waals surface area contributed by atoms with Crippen LogP contribution in [0.15, 0.2) is 0 Å². The molecule has 0 radical (unpaired) electrons. The number of hydrogen-bond acceptors (Lipinski definition) is 6. The molecule has 4 heterocycles. The largest absolute Gasteiger partial charge is 0.469 e. The van der Waals surface area contributed by atoms with Crippen LogP contribution in [0.1, 0.15) is 12.8 Å². The van der Waals surface area contributed by atoms with Crippen LogP contribution >= 0.6 is 0 Å². The van der Waals surface area contributed by atoms with Crippen molar-refractivity contribution in [1.82, 2.24) is 19.6 Å². The molecule has 0 aromatic carbocycles. The molecule has 0 aliphatic carbocycles. The summed E-state index contributed by atoms with van der Waals surface area (Å²) in [5.41, 5.74) is 0. The summed E-state index contributed by atoms with van der Waals surface area (Å²) in [6, 6.07) is 0. The first-order chi connectivity index (χ1) is 10.7. The Labute approximate surface area is 130 Å². The normalized spacial score (nSPS) is 36.1. The lowest BCUT2D eigenvalue weighted by atomic mass is 9.93. The zero-order valence-electron chi connectivity index (χ0n) is 13.1. The van der Waals surface area contributed by atoms with Crippen molar-refractivity contribution >= 4 is 11.9 Å². The molecule has 0 N–H and O–H groups in total. The van der Waals surface area contributed by atoms with E-state index in [0.717, 1.165) is 39.3 Å². The Balaban J connectivity index is 1.58. The maximum atomic E-state index is 12.8. The van der Waals surface area contributed by atoms with Crippen LogP contribution in [0.25, 0.3) is 0 Å². The maximum absolute atomic E-state index is 12.8. The number of rotatable bonds is 2. The summed E-state index contributed by atoms with van der Waals surface area (Å²) in [6.07, 6.45) is 1.94. The second-order valence-corrected chi connectivity index (χ2v) is 6.76. The zero-order chi connectivity index (χ0) is 15.3. The minimum atomic E-state index is -0.285. The standard InChI is InChI=1S/C15H24N4O3/c1-22-12(20)9-11-10-18-6-5-16-3-2-4-17-7-8-19(15(11)21)14(18)13(16)17/h11,13-14H,2-10H2,1H3/t11-,13+,14-/m1/s1. The number of carbonyl (C=O) groups excluding carboxylic acids is 2. The van der Waals surface area contributed by atoms with Gasteiger partial charge in [0.2, 0.25) is 5.91 Å². The molecule has 4 fully saturated rings. The molecule has 4 aliphatic heterocycles. The third-order valence-electron chi connectivity index (χ3n) is 5.63. The highest BCUT2D eigenvalue weighted by atomic mass is 16.5. The second-order valence-electron chi connectivity index (χ2n) is 6.76. The highest BCUT2D eigenvalue weighted by Crippen LogP contribution is 2.34. The van der Waals surface area contributed by atoms with E-state index in [9.17, 15) is 9.59 Å². The topological polar surface area (TPSA) is 56.3 Å². The molecular weight excluding hydrogens is 284 g/mol. The lowest BCUT2D eigenvalue weighted by Crippen LogP contribution is -2.79. The van der Waals surface area contributed by atoms with Crippen molar-refractivity contribution in [1.29, 1.82) is 0 Å². The highest BCUT2D eigenvalue weighted by molar-refractivity contribution is 5.85. The van der Waals surface area contributed by atoms with Crippen molar-refractivity contribution in [3.8, 4) is 0 Å². The third-order valence-corrected chi connectivity index (χ3v) is 5.63. The number of amides is 1. The van der Waals surface area contributed by atoms with Gasteiger partial charge in [0.15, 0.2) is 0 Å². The van der Waals surface area contributed by atoms with E-state index in [0.29, 0.717) is 12.7 Å². The van der Waals surface area contributed by atoms with Crippen molar-refractivity contribution < 1.29 is 14.3 Å². The van der Waals surface area contributed by atoms with Gasteiger partial charge in [-0.1, -0.05) is 0 Å². The van der Waals surface area contributed by atoms with Crippen LogP contribution in [-0.2, 0) is 14.3 Å². The molecule has 0 saturated carbocycles. The monoisotopic (exact) mass is 308 g/mol. The number of piperazine rings is 2. The Hall–Kier alpha value is -1.18. The van der Waals surface area contributed by atoms with E-state index in [-0.39, 0.29) is 30.4 Å². The maximum Gasteiger partial charge on any atom is 0.306 e. The van der Waals surface area contributed by atoms with Gasteiger partial charge in [0.25, 0.3) is 0 Å². The van der Waals surface area contributed by atoms with E-state index in [2.05, 4.69) is 14.7 Å². The van der Waals surface area contributed by atoms with Gasteiger partial charge in [0.1, 0.15) is 6.17 Å². The average molecular weight is 308 g/mol.